The van der Waals surface area contributed by atoms with Crippen molar-refractivity contribution >= 4 is 35.2 Å². The molecule has 1 unspecified atom stereocenters. The summed E-state index contributed by atoms with van der Waals surface area (Å²) in [4.78, 5) is 50.4. The van der Waals surface area contributed by atoms with Crippen LogP contribution in [-0.4, -0.2) is 62.0 Å². The number of thiophene rings is 1. The SMILES string of the molecule is COC1(c2ccc(C)c(Cc3ccc(-c4ccccc4F)s3)c2)O[C@H](COC(C)=O)[C@@H](OC(C)=O)[C@H](OC(C)=O)[C@H]1OC(C)=O. The molecular weight excluding hydrogens is 607 g/mol. The minimum absolute atomic E-state index is 0.310. The first kappa shape index (κ1) is 33.8. The molecule has 1 fully saturated rings. The predicted molar refractivity (Wildman–Crippen MR) is 161 cm³/mol. The van der Waals surface area contributed by atoms with Crippen LogP contribution in [0.5, 0.6) is 0 Å². The van der Waals surface area contributed by atoms with E-state index in [4.69, 9.17) is 28.4 Å². The average Bonchev–Trinajstić information content (AvgIpc) is 3.43. The van der Waals surface area contributed by atoms with Gasteiger partial charge in [0.1, 0.15) is 18.5 Å². The normalized spacial score (nSPS) is 22.7. The van der Waals surface area contributed by atoms with Gasteiger partial charge in [0.15, 0.2) is 12.2 Å². The molecule has 4 rings (SSSR count). The molecule has 0 radical (unpaired) electrons. The van der Waals surface area contributed by atoms with E-state index >= 15 is 0 Å². The maximum absolute atomic E-state index is 14.4. The van der Waals surface area contributed by atoms with Gasteiger partial charge in [0.25, 0.3) is 0 Å². The molecule has 0 bridgehead atoms. The van der Waals surface area contributed by atoms with E-state index in [1.54, 1.807) is 24.3 Å². The lowest BCUT2D eigenvalue weighted by Crippen LogP contribution is -2.67. The third-order valence-corrected chi connectivity index (χ3v) is 8.38. The summed E-state index contributed by atoms with van der Waals surface area (Å²) in [6, 6.07) is 15.7. The molecule has 0 aliphatic carbocycles. The van der Waals surface area contributed by atoms with Crippen molar-refractivity contribution in [3.8, 4) is 10.4 Å². The van der Waals surface area contributed by atoms with Crippen LogP contribution in [0, 0.1) is 12.7 Å². The fourth-order valence-corrected chi connectivity index (χ4v) is 6.38. The highest BCUT2D eigenvalue weighted by atomic mass is 32.1. The van der Waals surface area contributed by atoms with E-state index in [-0.39, 0.29) is 5.82 Å². The first-order valence-electron chi connectivity index (χ1n) is 14.2. The smallest absolute Gasteiger partial charge is 0.303 e. The van der Waals surface area contributed by atoms with E-state index in [1.165, 1.54) is 38.4 Å². The maximum Gasteiger partial charge on any atom is 0.303 e. The number of halogens is 1. The van der Waals surface area contributed by atoms with E-state index in [1.807, 2.05) is 31.2 Å². The Bertz CT molecular complexity index is 1570. The molecule has 0 N–H and O–H groups in total. The van der Waals surface area contributed by atoms with Gasteiger partial charge < -0.3 is 28.4 Å². The molecule has 2 heterocycles. The Morgan fingerprint density at radius 2 is 1.53 bits per heavy atom. The molecule has 2 aromatic carbocycles. The molecular formula is C33H35FO10S. The highest BCUT2D eigenvalue weighted by molar-refractivity contribution is 7.15. The monoisotopic (exact) mass is 642 g/mol. The van der Waals surface area contributed by atoms with Crippen LogP contribution in [0.3, 0.4) is 0 Å². The molecule has 5 atom stereocenters. The van der Waals surface area contributed by atoms with Crippen LogP contribution < -0.4 is 0 Å². The van der Waals surface area contributed by atoms with Gasteiger partial charge in [-0.25, -0.2) is 4.39 Å². The van der Waals surface area contributed by atoms with Gasteiger partial charge in [0, 0.05) is 62.1 Å². The van der Waals surface area contributed by atoms with Gasteiger partial charge >= 0.3 is 23.9 Å². The fraction of sp³-hybridized carbons (Fsp3) is 0.394. The Labute approximate surface area is 264 Å². The number of methoxy groups -OCH3 is 1. The van der Waals surface area contributed by atoms with Gasteiger partial charge in [-0.1, -0.05) is 30.3 Å². The molecule has 1 aliphatic rings. The van der Waals surface area contributed by atoms with E-state index in [9.17, 15) is 23.6 Å². The van der Waals surface area contributed by atoms with Crippen molar-refractivity contribution in [2.75, 3.05) is 13.7 Å². The summed E-state index contributed by atoms with van der Waals surface area (Å²) in [5.74, 6) is -5.06. The quantitative estimate of drug-likeness (QED) is 0.220. The molecule has 1 aromatic heterocycles. The van der Waals surface area contributed by atoms with Gasteiger partial charge in [-0.15, -0.1) is 11.3 Å². The molecule has 10 nitrogen and oxygen atoms in total. The number of carbonyl (C=O) groups excluding carboxylic acids is 4. The van der Waals surface area contributed by atoms with E-state index in [0.29, 0.717) is 17.5 Å². The van der Waals surface area contributed by atoms with E-state index in [2.05, 4.69) is 0 Å². The first-order valence-corrected chi connectivity index (χ1v) is 15.0. The van der Waals surface area contributed by atoms with Gasteiger partial charge in [-0.05, 0) is 42.3 Å². The number of hydrogen-bond acceptors (Lipinski definition) is 11. The van der Waals surface area contributed by atoms with Crippen molar-refractivity contribution in [1.29, 1.82) is 0 Å². The number of esters is 4. The Hall–Kier alpha value is -4.13. The Balaban J connectivity index is 1.80. The topological polar surface area (TPSA) is 124 Å². The lowest BCUT2D eigenvalue weighted by molar-refractivity contribution is -0.367. The summed E-state index contributed by atoms with van der Waals surface area (Å²) in [7, 11) is 1.33. The van der Waals surface area contributed by atoms with Crippen LogP contribution in [-0.2, 0) is 59.8 Å². The Morgan fingerprint density at radius 1 is 0.867 bits per heavy atom. The van der Waals surface area contributed by atoms with Gasteiger partial charge in [0.2, 0.25) is 11.9 Å². The summed E-state index contributed by atoms with van der Waals surface area (Å²) in [5, 5.41) is 0. The van der Waals surface area contributed by atoms with Crippen molar-refractivity contribution in [1.82, 2.24) is 0 Å². The molecule has 240 valence electrons. The minimum Gasteiger partial charge on any atom is -0.463 e. The molecule has 0 spiro atoms. The van der Waals surface area contributed by atoms with E-state index in [0.717, 1.165) is 34.7 Å². The molecule has 12 heteroatoms. The summed E-state index contributed by atoms with van der Waals surface area (Å²) in [6.45, 7) is 6.21. The number of aryl methyl sites for hydroxylation is 1. The second-order valence-electron chi connectivity index (χ2n) is 10.6. The van der Waals surface area contributed by atoms with Crippen molar-refractivity contribution in [3.63, 3.8) is 0 Å². The predicted octanol–water partition coefficient (Wildman–Crippen LogP) is 5.01. The number of carbonyl (C=O) groups is 4. The summed E-state index contributed by atoms with van der Waals surface area (Å²) < 4.78 is 48.9. The average molecular weight is 643 g/mol. The number of ether oxygens (including phenoxy) is 6. The van der Waals surface area contributed by atoms with Crippen molar-refractivity contribution in [2.24, 2.45) is 0 Å². The zero-order valence-corrected chi connectivity index (χ0v) is 26.6. The second-order valence-corrected chi connectivity index (χ2v) is 11.7. The molecule has 3 aromatic rings. The van der Waals surface area contributed by atoms with Crippen LogP contribution in [0.1, 0.15) is 49.3 Å². The maximum atomic E-state index is 14.4. The van der Waals surface area contributed by atoms with Gasteiger partial charge in [0.05, 0.1) is 0 Å². The Kier molecular flexibility index (Phi) is 10.7. The molecule has 1 saturated heterocycles. The largest absolute Gasteiger partial charge is 0.463 e. The second kappa shape index (κ2) is 14.3. The fourth-order valence-electron chi connectivity index (χ4n) is 5.33. The van der Waals surface area contributed by atoms with E-state index < -0.39 is 60.7 Å². The molecule has 0 saturated carbocycles. The van der Waals surface area contributed by atoms with Gasteiger partial charge in [-0.2, -0.15) is 0 Å². The highest BCUT2D eigenvalue weighted by Gasteiger charge is 2.61. The van der Waals surface area contributed by atoms with Gasteiger partial charge in [-0.3, -0.25) is 19.2 Å². The van der Waals surface area contributed by atoms with Crippen molar-refractivity contribution < 1.29 is 52.0 Å². The number of rotatable bonds is 10. The Morgan fingerprint density at radius 3 is 2.16 bits per heavy atom. The lowest BCUT2D eigenvalue weighted by Gasteiger charge is -2.50. The van der Waals surface area contributed by atoms with Crippen molar-refractivity contribution in [3.05, 3.63) is 82.0 Å². The zero-order chi connectivity index (χ0) is 32.9. The summed E-state index contributed by atoms with van der Waals surface area (Å²) in [6.07, 6.45) is -4.91. The third-order valence-electron chi connectivity index (χ3n) is 7.26. The van der Waals surface area contributed by atoms with Crippen LogP contribution in [0.2, 0.25) is 0 Å². The van der Waals surface area contributed by atoms with Crippen LogP contribution in [0.25, 0.3) is 10.4 Å². The number of benzene rings is 2. The summed E-state index contributed by atoms with van der Waals surface area (Å²) >= 11 is 1.46. The number of hydrogen-bond donors (Lipinski definition) is 0. The highest BCUT2D eigenvalue weighted by Crippen LogP contribution is 2.44. The van der Waals surface area contributed by atoms with Crippen molar-refractivity contribution in [2.45, 2.75) is 71.2 Å². The summed E-state index contributed by atoms with van der Waals surface area (Å²) in [5.41, 5.74) is 2.69. The third kappa shape index (κ3) is 7.75. The van der Waals surface area contributed by atoms with Crippen LogP contribution >= 0.6 is 11.3 Å². The van der Waals surface area contributed by atoms with Crippen LogP contribution in [0.4, 0.5) is 4.39 Å². The first-order chi connectivity index (χ1) is 21.3. The zero-order valence-electron chi connectivity index (χ0n) is 25.8. The molecule has 1 aliphatic heterocycles. The standard InChI is InChI=1S/C33H35FO10S/c1-18-11-12-24(15-23(18)16-25-13-14-29(45-25)26-9-7-8-10-27(26)34)33(39-6)32(43-22(5)38)31(42-21(4)37)30(41-20(3)36)28(44-33)17-40-19(2)35/h7-15,28,30-32H,16-17H2,1-6H3/t28-,30-,31+,32-,33?/m1/s1. The lowest BCUT2D eigenvalue weighted by atomic mass is 9.85. The van der Waals surface area contributed by atoms with Crippen LogP contribution in [0.15, 0.2) is 54.6 Å². The minimum atomic E-state index is -1.90. The molecule has 0 amide bonds. The molecule has 45 heavy (non-hydrogen) atoms.